The van der Waals surface area contributed by atoms with Gasteiger partial charge in [-0.1, -0.05) is 26.8 Å². The number of aliphatic hydroxyl groups is 1. The molecule has 1 aromatic heterocycles. The molecule has 0 saturated carbocycles. The van der Waals surface area contributed by atoms with Gasteiger partial charge in [0.15, 0.2) is 0 Å². The molecule has 1 N–H and O–H groups in total. The van der Waals surface area contributed by atoms with Crippen LogP contribution in [0, 0.1) is 0 Å². The number of rotatable bonds is 4. The summed E-state index contributed by atoms with van der Waals surface area (Å²) in [6.07, 6.45) is 0. The van der Waals surface area contributed by atoms with E-state index in [-0.39, 0.29) is 12.0 Å². The molecule has 0 saturated heterocycles. The van der Waals surface area contributed by atoms with Crippen LogP contribution in [0.4, 0.5) is 0 Å². The maximum atomic E-state index is 9.07. The lowest BCUT2D eigenvalue weighted by molar-refractivity contribution is 0.280. The topological polar surface area (TPSA) is 42.4 Å². The summed E-state index contributed by atoms with van der Waals surface area (Å²) in [5.74, 6) is 0.759. The molecule has 1 aromatic carbocycles. The van der Waals surface area contributed by atoms with Crippen LogP contribution in [0.3, 0.4) is 0 Å². The molecule has 0 unspecified atom stereocenters. The van der Waals surface area contributed by atoms with E-state index >= 15 is 0 Å². The van der Waals surface area contributed by atoms with E-state index in [1.165, 1.54) is 0 Å². The second kappa shape index (κ2) is 6.24. The number of benzene rings is 1. The summed E-state index contributed by atoms with van der Waals surface area (Å²) in [5.41, 5.74) is 2.02. The highest BCUT2D eigenvalue weighted by molar-refractivity contribution is 9.10. The molecule has 0 amide bonds. The molecular formula is C15H18BrNO2S. The third kappa shape index (κ3) is 3.81. The predicted molar refractivity (Wildman–Crippen MR) is 85.2 cm³/mol. The van der Waals surface area contributed by atoms with Crippen molar-refractivity contribution in [3.8, 4) is 5.75 Å². The zero-order valence-corrected chi connectivity index (χ0v) is 14.2. The second-order valence-electron chi connectivity index (χ2n) is 5.59. The van der Waals surface area contributed by atoms with Gasteiger partial charge >= 0.3 is 0 Å². The van der Waals surface area contributed by atoms with E-state index in [1.54, 1.807) is 11.3 Å². The van der Waals surface area contributed by atoms with E-state index in [4.69, 9.17) is 9.84 Å². The molecule has 5 heteroatoms. The van der Waals surface area contributed by atoms with Crippen molar-refractivity contribution in [1.82, 2.24) is 4.98 Å². The number of aliphatic hydroxyl groups excluding tert-OH is 1. The summed E-state index contributed by atoms with van der Waals surface area (Å²) >= 11 is 5.06. The third-order valence-corrected chi connectivity index (χ3v) is 4.29. The molecule has 3 nitrogen and oxygen atoms in total. The van der Waals surface area contributed by atoms with Crippen LogP contribution in [-0.4, -0.2) is 10.1 Å². The minimum absolute atomic E-state index is 0.0281. The molecule has 0 atom stereocenters. The van der Waals surface area contributed by atoms with E-state index in [0.717, 1.165) is 26.5 Å². The van der Waals surface area contributed by atoms with Gasteiger partial charge < -0.3 is 9.84 Å². The largest absolute Gasteiger partial charge is 0.485 e. The minimum atomic E-state index is 0.0281. The van der Waals surface area contributed by atoms with Gasteiger partial charge in [-0.15, -0.1) is 11.3 Å². The summed E-state index contributed by atoms with van der Waals surface area (Å²) < 4.78 is 6.61. The Hall–Kier alpha value is -0.910. The Kier molecular flexibility index (Phi) is 4.83. The predicted octanol–water partition coefficient (Wildman–Crippen LogP) is 4.27. The lowest BCUT2D eigenvalue weighted by atomic mass is 9.93. The Morgan fingerprint density at radius 3 is 2.65 bits per heavy atom. The Morgan fingerprint density at radius 1 is 1.35 bits per heavy atom. The third-order valence-electron chi connectivity index (χ3n) is 2.85. The molecule has 0 bridgehead atoms. The number of halogens is 1. The molecule has 2 rings (SSSR count). The molecular weight excluding hydrogens is 338 g/mol. The van der Waals surface area contributed by atoms with Crippen LogP contribution < -0.4 is 4.74 Å². The highest BCUT2D eigenvalue weighted by Gasteiger charge is 2.17. The first-order chi connectivity index (χ1) is 9.40. The quantitative estimate of drug-likeness (QED) is 0.889. The lowest BCUT2D eigenvalue weighted by Gasteiger charge is -2.14. The average Bonchev–Trinajstić information content (AvgIpc) is 2.86. The van der Waals surface area contributed by atoms with Crippen molar-refractivity contribution in [3.63, 3.8) is 0 Å². The van der Waals surface area contributed by atoms with Crippen LogP contribution in [0.5, 0.6) is 5.75 Å². The van der Waals surface area contributed by atoms with Gasteiger partial charge in [0.2, 0.25) is 0 Å². The van der Waals surface area contributed by atoms with Crippen LogP contribution in [0.25, 0.3) is 0 Å². The SMILES string of the molecule is CC(C)(C)c1csc(COc2ccc(CO)cc2Br)n1. The molecule has 0 fully saturated rings. The van der Waals surface area contributed by atoms with E-state index in [9.17, 15) is 0 Å². The first-order valence-corrected chi connectivity index (χ1v) is 8.04. The Bertz CT molecular complexity index is 590. The normalized spacial score (nSPS) is 11.7. The number of thiazole rings is 1. The first-order valence-electron chi connectivity index (χ1n) is 6.37. The van der Waals surface area contributed by atoms with E-state index in [0.29, 0.717) is 6.61 Å². The Balaban J connectivity index is 2.04. The fourth-order valence-electron chi connectivity index (χ4n) is 1.62. The van der Waals surface area contributed by atoms with Crippen LogP contribution in [0.2, 0.25) is 0 Å². The van der Waals surface area contributed by atoms with E-state index in [2.05, 4.69) is 47.1 Å². The second-order valence-corrected chi connectivity index (χ2v) is 7.39. The number of nitrogens with zero attached hydrogens (tertiary/aromatic N) is 1. The van der Waals surface area contributed by atoms with Crippen molar-refractivity contribution in [2.75, 3.05) is 0 Å². The van der Waals surface area contributed by atoms with Crippen LogP contribution in [-0.2, 0) is 18.6 Å². The Morgan fingerprint density at radius 2 is 2.10 bits per heavy atom. The fourth-order valence-corrected chi connectivity index (χ4v) is 3.09. The highest BCUT2D eigenvalue weighted by atomic mass is 79.9. The molecule has 0 spiro atoms. The molecule has 0 aliphatic rings. The average molecular weight is 356 g/mol. The first kappa shape index (κ1) is 15.5. The van der Waals surface area contributed by atoms with Gasteiger partial charge in [-0.05, 0) is 33.6 Å². The summed E-state index contributed by atoms with van der Waals surface area (Å²) in [7, 11) is 0. The summed E-state index contributed by atoms with van der Waals surface area (Å²) in [6.45, 7) is 6.93. The number of ether oxygens (including phenoxy) is 1. The zero-order chi connectivity index (χ0) is 14.8. The van der Waals surface area contributed by atoms with Crippen molar-refractivity contribution in [2.24, 2.45) is 0 Å². The molecule has 0 radical (unpaired) electrons. The number of hydrogen-bond acceptors (Lipinski definition) is 4. The zero-order valence-electron chi connectivity index (χ0n) is 11.8. The van der Waals surface area contributed by atoms with E-state index < -0.39 is 0 Å². The summed E-state index contributed by atoms with van der Waals surface area (Å²) in [5, 5.41) is 12.1. The summed E-state index contributed by atoms with van der Waals surface area (Å²) in [6, 6.07) is 5.56. The standard InChI is InChI=1S/C15H18BrNO2S/c1-15(2,3)13-9-20-14(17-13)8-19-12-5-4-10(7-18)6-11(12)16/h4-6,9,18H,7-8H2,1-3H3. The molecule has 20 heavy (non-hydrogen) atoms. The molecule has 108 valence electrons. The van der Waals surface area contributed by atoms with Crippen molar-refractivity contribution >= 4 is 27.3 Å². The van der Waals surface area contributed by atoms with Crippen LogP contribution in [0.15, 0.2) is 28.1 Å². The molecule has 0 aliphatic heterocycles. The van der Waals surface area contributed by atoms with Gasteiger partial charge in [0, 0.05) is 10.8 Å². The molecule has 0 aliphatic carbocycles. The van der Waals surface area contributed by atoms with Crippen molar-refractivity contribution in [3.05, 3.63) is 44.3 Å². The van der Waals surface area contributed by atoms with Gasteiger partial charge in [0.25, 0.3) is 0 Å². The Labute approximate surface area is 131 Å². The monoisotopic (exact) mass is 355 g/mol. The van der Waals surface area contributed by atoms with E-state index in [1.807, 2.05) is 18.2 Å². The number of aromatic nitrogens is 1. The van der Waals surface area contributed by atoms with Crippen LogP contribution >= 0.6 is 27.3 Å². The van der Waals surface area contributed by atoms with Gasteiger partial charge in [0.1, 0.15) is 17.4 Å². The fraction of sp³-hybridized carbons (Fsp3) is 0.400. The van der Waals surface area contributed by atoms with Crippen molar-refractivity contribution < 1.29 is 9.84 Å². The molecule has 1 heterocycles. The lowest BCUT2D eigenvalue weighted by Crippen LogP contribution is -2.11. The maximum absolute atomic E-state index is 9.07. The maximum Gasteiger partial charge on any atom is 0.140 e. The smallest absolute Gasteiger partial charge is 0.140 e. The minimum Gasteiger partial charge on any atom is -0.485 e. The number of hydrogen-bond donors (Lipinski definition) is 1. The van der Waals surface area contributed by atoms with Gasteiger partial charge in [0.05, 0.1) is 16.8 Å². The van der Waals surface area contributed by atoms with Gasteiger partial charge in [-0.2, -0.15) is 0 Å². The highest BCUT2D eigenvalue weighted by Crippen LogP contribution is 2.28. The summed E-state index contributed by atoms with van der Waals surface area (Å²) in [4.78, 5) is 4.60. The van der Waals surface area contributed by atoms with Crippen LogP contribution in [0.1, 0.15) is 37.0 Å². The van der Waals surface area contributed by atoms with Crippen molar-refractivity contribution in [1.29, 1.82) is 0 Å². The van der Waals surface area contributed by atoms with Gasteiger partial charge in [-0.3, -0.25) is 0 Å². The molecule has 2 aromatic rings. The van der Waals surface area contributed by atoms with Gasteiger partial charge in [-0.25, -0.2) is 4.98 Å². The van der Waals surface area contributed by atoms with Crippen molar-refractivity contribution in [2.45, 2.75) is 39.4 Å².